The molecule has 6 nitrogen and oxygen atoms in total. The Morgan fingerprint density at radius 2 is 2.42 bits per heavy atom. The molecule has 1 atom stereocenters. The molecule has 0 bridgehead atoms. The van der Waals surface area contributed by atoms with Gasteiger partial charge in [-0.15, -0.1) is 0 Å². The van der Waals surface area contributed by atoms with E-state index in [0.717, 1.165) is 5.56 Å². The molecule has 1 unspecified atom stereocenters. The van der Waals surface area contributed by atoms with Crippen LogP contribution in [0.15, 0.2) is 18.2 Å². The molecule has 0 aliphatic carbocycles. The van der Waals surface area contributed by atoms with E-state index in [9.17, 15) is 9.90 Å². The Morgan fingerprint density at radius 3 is 3.21 bits per heavy atom. The van der Waals surface area contributed by atoms with Crippen LogP contribution in [0.2, 0.25) is 0 Å². The summed E-state index contributed by atoms with van der Waals surface area (Å²) in [6, 6.07) is 4.97. The van der Waals surface area contributed by atoms with E-state index in [1.807, 2.05) is 0 Å². The fraction of sp³-hybridized carbons (Fsp3) is 0.462. The SMILES string of the molecule is COCCNC(=O)CNC1COc2cc(O)ccc21. The molecule has 0 fully saturated rings. The topological polar surface area (TPSA) is 79.8 Å². The van der Waals surface area contributed by atoms with E-state index in [0.29, 0.717) is 25.5 Å². The van der Waals surface area contributed by atoms with Crippen LogP contribution in [0.1, 0.15) is 11.6 Å². The largest absolute Gasteiger partial charge is 0.508 e. The number of amides is 1. The number of aromatic hydroxyl groups is 1. The lowest BCUT2D eigenvalue weighted by molar-refractivity contribution is -0.120. The summed E-state index contributed by atoms with van der Waals surface area (Å²) in [6.07, 6.45) is 0. The van der Waals surface area contributed by atoms with Gasteiger partial charge in [0.05, 0.1) is 19.2 Å². The van der Waals surface area contributed by atoms with E-state index in [2.05, 4.69) is 10.6 Å². The first-order valence-corrected chi connectivity index (χ1v) is 6.15. The van der Waals surface area contributed by atoms with Gasteiger partial charge in [-0.2, -0.15) is 0 Å². The molecule has 2 rings (SSSR count). The summed E-state index contributed by atoms with van der Waals surface area (Å²) in [7, 11) is 1.59. The third-order valence-electron chi connectivity index (χ3n) is 2.92. The number of carbonyl (C=O) groups is 1. The van der Waals surface area contributed by atoms with Crippen molar-refractivity contribution in [3.63, 3.8) is 0 Å². The molecule has 1 aliphatic rings. The standard InChI is InChI=1S/C13H18N2O4/c1-18-5-4-14-13(17)7-15-11-8-19-12-6-9(16)2-3-10(11)12/h2-3,6,11,15-16H,4-5,7-8H2,1H3,(H,14,17). The van der Waals surface area contributed by atoms with Gasteiger partial charge >= 0.3 is 0 Å². The molecule has 0 radical (unpaired) electrons. The van der Waals surface area contributed by atoms with Crippen molar-refractivity contribution in [2.45, 2.75) is 6.04 Å². The van der Waals surface area contributed by atoms with Crippen molar-refractivity contribution < 1.29 is 19.4 Å². The summed E-state index contributed by atoms with van der Waals surface area (Å²) in [5.74, 6) is 0.762. The summed E-state index contributed by atoms with van der Waals surface area (Å²) in [5, 5.41) is 15.2. The molecule has 0 saturated heterocycles. The highest BCUT2D eigenvalue weighted by molar-refractivity contribution is 5.78. The van der Waals surface area contributed by atoms with Gasteiger partial charge < -0.3 is 19.9 Å². The summed E-state index contributed by atoms with van der Waals surface area (Å²) < 4.78 is 10.3. The predicted octanol–water partition coefficient (Wildman–Crippen LogP) is 0.178. The maximum absolute atomic E-state index is 11.5. The lowest BCUT2D eigenvalue weighted by atomic mass is 10.1. The van der Waals surface area contributed by atoms with Crippen LogP contribution in [-0.4, -0.2) is 44.4 Å². The zero-order valence-electron chi connectivity index (χ0n) is 10.8. The molecule has 0 saturated carbocycles. The van der Waals surface area contributed by atoms with Crippen LogP contribution in [0.4, 0.5) is 0 Å². The third-order valence-corrected chi connectivity index (χ3v) is 2.92. The normalized spacial score (nSPS) is 16.8. The molecule has 3 N–H and O–H groups in total. The first-order chi connectivity index (χ1) is 9.20. The minimum absolute atomic E-state index is 0.0243. The molecule has 1 aromatic rings. The van der Waals surface area contributed by atoms with Gasteiger partial charge in [-0.05, 0) is 12.1 Å². The molecular formula is C13H18N2O4. The van der Waals surface area contributed by atoms with Crippen LogP contribution in [-0.2, 0) is 9.53 Å². The first-order valence-electron chi connectivity index (χ1n) is 6.15. The van der Waals surface area contributed by atoms with Crippen LogP contribution in [0.25, 0.3) is 0 Å². The molecule has 1 amide bonds. The van der Waals surface area contributed by atoms with Gasteiger partial charge in [-0.25, -0.2) is 0 Å². The molecule has 6 heteroatoms. The highest BCUT2D eigenvalue weighted by Crippen LogP contribution is 2.34. The maximum Gasteiger partial charge on any atom is 0.234 e. The second-order valence-corrected chi connectivity index (χ2v) is 4.31. The monoisotopic (exact) mass is 266 g/mol. The smallest absolute Gasteiger partial charge is 0.234 e. The Morgan fingerprint density at radius 1 is 1.58 bits per heavy atom. The van der Waals surface area contributed by atoms with E-state index in [4.69, 9.17) is 9.47 Å². The third kappa shape index (κ3) is 3.59. The molecule has 1 aliphatic heterocycles. The Bertz CT molecular complexity index is 450. The fourth-order valence-corrected chi connectivity index (χ4v) is 1.94. The van der Waals surface area contributed by atoms with E-state index in [1.165, 1.54) is 0 Å². The van der Waals surface area contributed by atoms with Gasteiger partial charge in [0.2, 0.25) is 5.91 Å². The number of nitrogens with one attached hydrogen (secondary N) is 2. The number of phenolic OH excluding ortho intramolecular Hbond substituents is 1. The van der Waals surface area contributed by atoms with Gasteiger partial charge in [0, 0.05) is 25.3 Å². The van der Waals surface area contributed by atoms with Gasteiger partial charge in [0.25, 0.3) is 0 Å². The number of carbonyl (C=O) groups excluding carboxylic acids is 1. The molecule has 0 aromatic heterocycles. The molecular weight excluding hydrogens is 248 g/mol. The first kappa shape index (κ1) is 13.6. The zero-order chi connectivity index (χ0) is 13.7. The summed E-state index contributed by atoms with van der Waals surface area (Å²) in [4.78, 5) is 11.5. The summed E-state index contributed by atoms with van der Waals surface area (Å²) in [6.45, 7) is 1.69. The number of methoxy groups -OCH3 is 1. The average Bonchev–Trinajstić information content (AvgIpc) is 2.79. The Hall–Kier alpha value is -1.79. The van der Waals surface area contributed by atoms with E-state index in [1.54, 1.807) is 25.3 Å². The van der Waals surface area contributed by atoms with Crippen molar-refractivity contribution in [3.8, 4) is 11.5 Å². The van der Waals surface area contributed by atoms with E-state index >= 15 is 0 Å². The maximum atomic E-state index is 11.5. The number of rotatable bonds is 6. The number of ether oxygens (including phenoxy) is 2. The molecule has 104 valence electrons. The average molecular weight is 266 g/mol. The second-order valence-electron chi connectivity index (χ2n) is 4.31. The molecule has 0 spiro atoms. The lowest BCUT2D eigenvalue weighted by Crippen LogP contribution is -2.37. The fourth-order valence-electron chi connectivity index (χ4n) is 1.94. The van der Waals surface area contributed by atoms with Crippen molar-refractivity contribution in [1.82, 2.24) is 10.6 Å². The van der Waals surface area contributed by atoms with Gasteiger partial charge in [0.1, 0.15) is 18.1 Å². The highest BCUT2D eigenvalue weighted by Gasteiger charge is 2.24. The number of phenols is 1. The van der Waals surface area contributed by atoms with Crippen molar-refractivity contribution in [2.75, 3.05) is 33.4 Å². The molecule has 1 aromatic carbocycles. The van der Waals surface area contributed by atoms with Crippen LogP contribution in [0.5, 0.6) is 11.5 Å². The van der Waals surface area contributed by atoms with Crippen LogP contribution >= 0.6 is 0 Å². The van der Waals surface area contributed by atoms with E-state index < -0.39 is 0 Å². The predicted molar refractivity (Wildman–Crippen MR) is 69.2 cm³/mol. The van der Waals surface area contributed by atoms with Crippen LogP contribution < -0.4 is 15.4 Å². The number of benzene rings is 1. The van der Waals surface area contributed by atoms with Gasteiger partial charge in [-0.3, -0.25) is 10.1 Å². The number of hydrogen-bond acceptors (Lipinski definition) is 5. The van der Waals surface area contributed by atoms with Crippen LogP contribution in [0.3, 0.4) is 0 Å². The minimum Gasteiger partial charge on any atom is -0.508 e. The van der Waals surface area contributed by atoms with Gasteiger partial charge in [0.15, 0.2) is 0 Å². The van der Waals surface area contributed by atoms with Crippen LogP contribution in [0, 0.1) is 0 Å². The Labute approximate surface area is 111 Å². The molecule has 19 heavy (non-hydrogen) atoms. The second kappa shape index (κ2) is 6.40. The Kier molecular flexibility index (Phi) is 4.59. The zero-order valence-corrected chi connectivity index (χ0v) is 10.8. The van der Waals surface area contributed by atoms with Crippen molar-refractivity contribution >= 4 is 5.91 Å². The van der Waals surface area contributed by atoms with E-state index in [-0.39, 0.29) is 24.2 Å². The quantitative estimate of drug-likeness (QED) is 0.640. The Balaban J connectivity index is 1.81. The number of fused-ring (bicyclic) bond motifs is 1. The summed E-state index contributed by atoms with van der Waals surface area (Å²) >= 11 is 0. The van der Waals surface area contributed by atoms with Crippen molar-refractivity contribution in [1.29, 1.82) is 0 Å². The lowest BCUT2D eigenvalue weighted by Gasteiger charge is -2.11. The van der Waals surface area contributed by atoms with Crippen molar-refractivity contribution in [3.05, 3.63) is 23.8 Å². The molecule has 1 heterocycles. The van der Waals surface area contributed by atoms with Crippen molar-refractivity contribution in [2.24, 2.45) is 0 Å². The van der Waals surface area contributed by atoms with Gasteiger partial charge in [-0.1, -0.05) is 0 Å². The number of hydrogen-bond donors (Lipinski definition) is 3. The minimum atomic E-state index is -0.0794. The summed E-state index contributed by atoms with van der Waals surface area (Å²) in [5.41, 5.74) is 0.961. The highest BCUT2D eigenvalue weighted by atomic mass is 16.5.